The molecule has 1 amide bonds. The number of carbonyl (C=O) groups excluding carboxylic acids is 1. The number of carbonyl (C=O) groups is 1. The van der Waals surface area contributed by atoms with E-state index in [4.69, 9.17) is 14.2 Å². The summed E-state index contributed by atoms with van der Waals surface area (Å²) in [6.45, 7) is 8.60. The maximum Gasteiger partial charge on any atom is 0.237 e. The molecule has 2 fully saturated rings. The second-order valence-electron chi connectivity index (χ2n) is 7.13. The molecule has 0 unspecified atom stereocenters. The molecule has 2 atom stereocenters. The summed E-state index contributed by atoms with van der Waals surface area (Å²) in [7, 11) is 0. The third-order valence-corrected chi connectivity index (χ3v) is 4.68. The Hall–Kier alpha value is -0.690. The van der Waals surface area contributed by atoms with Gasteiger partial charge in [0.15, 0.2) is 0 Å². The van der Waals surface area contributed by atoms with E-state index in [1.165, 1.54) is 0 Å². The van der Waals surface area contributed by atoms with E-state index in [9.17, 15) is 4.79 Å². The minimum Gasteiger partial charge on any atom is -0.381 e. The van der Waals surface area contributed by atoms with Gasteiger partial charge in [-0.2, -0.15) is 0 Å². The maximum atomic E-state index is 12.4. The Kier molecular flexibility index (Phi) is 9.02. The standard InChI is InChI=1S/C18H34N2O4/c1-14(2)17(20-15-6-11-22-12-7-15)18(21)19-8-4-9-23-13-16-5-3-10-24-16/h14-17,20H,3-13H2,1-2H3,(H,19,21)/t16-,17-/m1/s1. The molecule has 2 rings (SSSR count). The van der Waals surface area contributed by atoms with Crippen molar-refractivity contribution in [1.82, 2.24) is 10.6 Å². The second kappa shape index (κ2) is 11.0. The molecule has 0 spiro atoms. The molecule has 0 aliphatic carbocycles. The van der Waals surface area contributed by atoms with Gasteiger partial charge in [0.1, 0.15) is 0 Å². The first-order valence-corrected chi connectivity index (χ1v) is 9.47. The molecule has 2 heterocycles. The normalized spacial score (nSPS) is 23.5. The fourth-order valence-corrected chi connectivity index (χ4v) is 3.18. The summed E-state index contributed by atoms with van der Waals surface area (Å²) in [6, 6.07) is 0.243. The van der Waals surface area contributed by atoms with Crippen molar-refractivity contribution in [2.24, 2.45) is 5.92 Å². The molecular formula is C18H34N2O4. The fourth-order valence-electron chi connectivity index (χ4n) is 3.18. The Morgan fingerprint density at radius 2 is 2.00 bits per heavy atom. The highest BCUT2D eigenvalue weighted by molar-refractivity contribution is 5.82. The van der Waals surface area contributed by atoms with Crippen LogP contribution in [0.1, 0.15) is 46.0 Å². The van der Waals surface area contributed by atoms with E-state index in [0.29, 0.717) is 25.8 Å². The molecule has 6 nitrogen and oxygen atoms in total. The molecule has 2 saturated heterocycles. The maximum absolute atomic E-state index is 12.4. The Morgan fingerprint density at radius 3 is 2.67 bits per heavy atom. The average molecular weight is 342 g/mol. The third kappa shape index (κ3) is 7.05. The quantitative estimate of drug-likeness (QED) is 0.589. The van der Waals surface area contributed by atoms with E-state index in [2.05, 4.69) is 24.5 Å². The van der Waals surface area contributed by atoms with E-state index in [1.807, 2.05) is 0 Å². The zero-order valence-corrected chi connectivity index (χ0v) is 15.2. The Morgan fingerprint density at radius 1 is 1.21 bits per heavy atom. The summed E-state index contributed by atoms with van der Waals surface area (Å²) in [6.07, 6.45) is 5.31. The smallest absolute Gasteiger partial charge is 0.237 e. The molecule has 24 heavy (non-hydrogen) atoms. The number of hydrogen-bond donors (Lipinski definition) is 2. The zero-order valence-electron chi connectivity index (χ0n) is 15.2. The van der Waals surface area contributed by atoms with Crippen LogP contribution in [0, 0.1) is 5.92 Å². The van der Waals surface area contributed by atoms with Crippen molar-refractivity contribution in [2.75, 3.05) is 39.6 Å². The molecule has 0 saturated carbocycles. The first-order valence-electron chi connectivity index (χ1n) is 9.47. The van der Waals surface area contributed by atoms with Crippen molar-refractivity contribution >= 4 is 5.91 Å². The van der Waals surface area contributed by atoms with E-state index in [-0.39, 0.29) is 24.0 Å². The molecule has 0 aromatic rings. The Balaban J connectivity index is 1.57. The van der Waals surface area contributed by atoms with Gasteiger partial charge >= 0.3 is 0 Å². The van der Waals surface area contributed by atoms with Gasteiger partial charge in [0.25, 0.3) is 0 Å². The van der Waals surface area contributed by atoms with Crippen LogP contribution in [0.4, 0.5) is 0 Å². The molecule has 140 valence electrons. The van der Waals surface area contributed by atoms with Gasteiger partial charge in [0.2, 0.25) is 5.91 Å². The monoisotopic (exact) mass is 342 g/mol. The van der Waals surface area contributed by atoms with E-state index >= 15 is 0 Å². The molecule has 6 heteroatoms. The lowest BCUT2D eigenvalue weighted by molar-refractivity contribution is -0.124. The van der Waals surface area contributed by atoms with Crippen LogP contribution in [0.3, 0.4) is 0 Å². The van der Waals surface area contributed by atoms with Gasteiger partial charge in [-0.3, -0.25) is 4.79 Å². The van der Waals surface area contributed by atoms with Crippen molar-refractivity contribution in [3.8, 4) is 0 Å². The minimum absolute atomic E-state index is 0.0932. The SMILES string of the molecule is CC(C)[C@@H](NC1CCOCC1)C(=O)NCCCOC[C@H]1CCCO1. The van der Waals surface area contributed by atoms with Crippen LogP contribution in [0.2, 0.25) is 0 Å². The lowest BCUT2D eigenvalue weighted by atomic mass is 10.00. The van der Waals surface area contributed by atoms with Crippen molar-refractivity contribution in [1.29, 1.82) is 0 Å². The lowest BCUT2D eigenvalue weighted by Crippen LogP contribution is -2.52. The summed E-state index contributed by atoms with van der Waals surface area (Å²) in [5.74, 6) is 0.360. The van der Waals surface area contributed by atoms with E-state index < -0.39 is 0 Å². The number of nitrogens with one attached hydrogen (secondary N) is 2. The molecule has 0 bridgehead atoms. The number of ether oxygens (including phenoxy) is 3. The largest absolute Gasteiger partial charge is 0.381 e. The molecule has 2 aliphatic heterocycles. The van der Waals surface area contributed by atoms with Crippen molar-refractivity contribution < 1.29 is 19.0 Å². The first kappa shape index (κ1) is 19.6. The van der Waals surface area contributed by atoms with Gasteiger partial charge in [-0.1, -0.05) is 13.8 Å². The second-order valence-corrected chi connectivity index (χ2v) is 7.13. The van der Waals surface area contributed by atoms with E-state index in [0.717, 1.165) is 51.9 Å². The van der Waals surface area contributed by atoms with Crippen LogP contribution in [0.15, 0.2) is 0 Å². The highest BCUT2D eigenvalue weighted by Crippen LogP contribution is 2.12. The summed E-state index contributed by atoms with van der Waals surface area (Å²) in [5, 5.41) is 6.54. The van der Waals surface area contributed by atoms with Crippen LogP contribution in [-0.2, 0) is 19.0 Å². The zero-order chi connectivity index (χ0) is 17.2. The summed E-state index contributed by atoms with van der Waals surface area (Å²) >= 11 is 0. The van der Waals surface area contributed by atoms with Crippen LogP contribution >= 0.6 is 0 Å². The number of amides is 1. The summed E-state index contributed by atoms with van der Waals surface area (Å²) < 4.78 is 16.5. The van der Waals surface area contributed by atoms with Gasteiger partial charge in [-0.05, 0) is 38.0 Å². The molecule has 2 aliphatic rings. The number of rotatable bonds is 10. The van der Waals surface area contributed by atoms with E-state index in [1.54, 1.807) is 0 Å². The molecular weight excluding hydrogens is 308 g/mol. The molecule has 0 radical (unpaired) electrons. The van der Waals surface area contributed by atoms with Gasteiger partial charge in [0.05, 0.1) is 18.8 Å². The van der Waals surface area contributed by atoms with Crippen LogP contribution in [0.5, 0.6) is 0 Å². The average Bonchev–Trinajstić information content (AvgIpc) is 3.09. The molecule has 0 aromatic heterocycles. The van der Waals surface area contributed by atoms with Crippen LogP contribution in [-0.4, -0.2) is 63.7 Å². The topological polar surface area (TPSA) is 68.8 Å². The minimum atomic E-state index is -0.138. The fraction of sp³-hybridized carbons (Fsp3) is 0.944. The van der Waals surface area contributed by atoms with Gasteiger partial charge in [-0.25, -0.2) is 0 Å². The molecule has 2 N–H and O–H groups in total. The predicted octanol–water partition coefficient (Wildman–Crippen LogP) is 1.48. The summed E-state index contributed by atoms with van der Waals surface area (Å²) in [5.41, 5.74) is 0. The number of hydrogen-bond acceptors (Lipinski definition) is 5. The van der Waals surface area contributed by atoms with Crippen molar-refractivity contribution in [2.45, 2.75) is 64.1 Å². The molecule has 0 aromatic carbocycles. The Bertz CT molecular complexity index is 353. The van der Waals surface area contributed by atoms with Gasteiger partial charge in [0, 0.05) is 39.0 Å². The van der Waals surface area contributed by atoms with Crippen LogP contribution < -0.4 is 10.6 Å². The highest BCUT2D eigenvalue weighted by atomic mass is 16.5. The lowest BCUT2D eigenvalue weighted by Gasteiger charge is -2.30. The van der Waals surface area contributed by atoms with Crippen molar-refractivity contribution in [3.63, 3.8) is 0 Å². The summed E-state index contributed by atoms with van der Waals surface area (Å²) in [4.78, 5) is 12.4. The van der Waals surface area contributed by atoms with Crippen molar-refractivity contribution in [3.05, 3.63) is 0 Å². The Labute approximate surface area is 146 Å². The van der Waals surface area contributed by atoms with Crippen LogP contribution in [0.25, 0.3) is 0 Å². The van der Waals surface area contributed by atoms with Gasteiger partial charge in [-0.15, -0.1) is 0 Å². The van der Waals surface area contributed by atoms with Gasteiger partial charge < -0.3 is 24.8 Å². The predicted molar refractivity (Wildman–Crippen MR) is 93.0 cm³/mol. The first-order chi connectivity index (χ1) is 11.7. The third-order valence-electron chi connectivity index (χ3n) is 4.68. The highest BCUT2D eigenvalue weighted by Gasteiger charge is 2.25.